The third kappa shape index (κ3) is 1.70. The van der Waals surface area contributed by atoms with Crippen molar-refractivity contribution in [2.75, 3.05) is 7.11 Å². The Kier molecular flexibility index (Phi) is 2.64. The minimum atomic E-state index is 0.0754. The number of imidazole rings is 1. The molecule has 0 saturated heterocycles. The third-order valence-corrected chi connectivity index (χ3v) is 2.86. The number of methoxy groups -OCH3 is 1. The summed E-state index contributed by atoms with van der Waals surface area (Å²) in [4.78, 5) is 7.07. The van der Waals surface area contributed by atoms with E-state index in [1.807, 2.05) is 6.07 Å². The summed E-state index contributed by atoms with van der Waals surface area (Å²) in [6.07, 6.45) is 3.38. The Morgan fingerprint density at radius 2 is 2.27 bits per heavy atom. The minimum absolute atomic E-state index is 0.0754. The minimum Gasteiger partial charge on any atom is -0.503 e. The fourth-order valence-electron chi connectivity index (χ4n) is 1.31. The lowest BCUT2D eigenvalue weighted by Gasteiger charge is -2.07. The molecule has 15 heavy (non-hydrogen) atoms. The van der Waals surface area contributed by atoms with Crippen molar-refractivity contribution in [3.63, 3.8) is 0 Å². The van der Waals surface area contributed by atoms with Crippen LogP contribution in [-0.4, -0.2) is 22.2 Å². The molecule has 1 heterocycles. The number of H-pyrrole nitrogens is 1. The van der Waals surface area contributed by atoms with Crippen LogP contribution in [0.15, 0.2) is 29.0 Å². The van der Waals surface area contributed by atoms with Crippen LogP contribution in [0.4, 0.5) is 0 Å². The number of aromatic hydroxyl groups is 1. The van der Waals surface area contributed by atoms with E-state index in [0.717, 1.165) is 5.56 Å². The van der Waals surface area contributed by atoms with Gasteiger partial charge in [-0.15, -0.1) is 0 Å². The maximum absolute atomic E-state index is 9.76. The summed E-state index contributed by atoms with van der Waals surface area (Å²) in [5, 5.41) is 9.76. The Labute approximate surface area is 95.1 Å². The maximum atomic E-state index is 9.76. The molecule has 0 saturated carbocycles. The summed E-state index contributed by atoms with van der Waals surface area (Å²) in [6.45, 7) is 0. The van der Waals surface area contributed by atoms with E-state index in [9.17, 15) is 5.11 Å². The van der Waals surface area contributed by atoms with E-state index < -0.39 is 0 Å². The summed E-state index contributed by atoms with van der Waals surface area (Å²) in [7, 11) is 1.51. The number of halogens is 1. The number of benzene rings is 1. The van der Waals surface area contributed by atoms with Gasteiger partial charge in [-0.1, -0.05) is 0 Å². The van der Waals surface area contributed by atoms with Gasteiger partial charge in [-0.25, -0.2) is 4.98 Å². The highest BCUT2D eigenvalue weighted by molar-refractivity contribution is 9.10. The average Bonchev–Trinajstić information content (AvgIpc) is 2.75. The fourth-order valence-corrected chi connectivity index (χ4v) is 1.82. The van der Waals surface area contributed by atoms with Crippen LogP contribution in [0.25, 0.3) is 11.4 Å². The number of aromatic nitrogens is 2. The van der Waals surface area contributed by atoms with Crippen molar-refractivity contribution in [1.82, 2.24) is 9.97 Å². The van der Waals surface area contributed by atoms with Gasteiger partial charge in [0.1, 0.15) is 5.82 Å². The van der Waals surface area contributed by atoms with Gasteiger partial charge in [-0.2, -0.15) is 0 Å². The largest absolute Gasteiger partial charge is 0.503 e. The second kappa shape index (κ2) is 3.94. The predicted molar refractivity (Wildman–Crippen MR) is 59.9 cm³/mol. The second-order valence-electron chi connectivity index (χ2n) is 2.92. The van der Waals surface area contributed by atoms with E-state index >= 15 is 0 Å². The summed E-state index contributed by atoms with van der Waals surface area (Å²) >= 11 is 3.30. The molecule has 1 aromatic carbocycles. The van der Waals surface area contributed by atoms with Crippen molar-refractivity contribution in [3.05, 3.63) is 29.0 Å². The van der Waals surface area contributed by atoms with Crippen LogP contribution >= 0.6 is 15.9 Å². The molecule has 78 valence electrons. The van der Waals surface area contributed by atoms with Crippen LogP contribution in [0, 0.1) is 0 Å². The lowest BCUT2D eigenvalue weighted by Crippen LogP contribution is -1.88. The van der Waals surface area contributed by atoms with Crippen molar-refractivity contribution in [1.29, 1.82) is 0 Å². The molecule has 0 aliphatic heterocycles. The molecule has 0 amide bonds. The van der Waals surface area contributed by atoms with E-state index in [0.29, 0.717) is 16.0 Å². The van der Waals surface area contributed by atoms with E-state index in [1.165, 1.54) is 7.11 Å². The smallest absolute Gasteiger partial charge is 0.172 e. The highest BCUT2D eigenvalue weighted by Gasteiger charge is 2.13. The number of nitrogens with zero attached hydrogens (tertiary/aromatic N) is 1. The molecular weight excluding hydrogens is 260 g/mol. The zero-order valence-corrected chi connectivity index (χ0v) is 9.58. The fraction of sp³-hybridized carbons (Fsp3) is 0.100. The Morgan fingerprint density at radius 1 is 1.47 bits per heavy atom. The summed E-state index contributed by atoms with van der Waals surface area (Å²) in [5.74, 6) is 1.20. The molecule has 2 N–H and O–H groups in total. The van der Waals surface area contributed by atoms with Gasteiger partial charge in [0.2, 0.25) is 0 Å². The van der Waals surface area contributed by atoms with Crippen LogP contribution in [-0.2, 0) is 0 Å². The standard InChI is InChI=1S/C10H9BrN2O2/c1-15-7-3-2-6(8(11)9(7)14)10-12-4-5-13-10/h2-5,14H,1H3,(H,12,13). The number of hydrogen-bond donors (Lipinski definition) is 2. The Hall–Kier alpha value is -1.49. The SMILES string of the molecule is COc1ccc(-c2ncc[nH]2)c(Br)c1O. The lowest BCUT2D eigenvalue weighted by molar-refractivity contribution is 0.372. The molecule has 0 fully saturated rings. The molecule has 0 spiro atoms. The average molecular weight is 269 g/mol. The highest BCUT2D eigenvalue weighted by atomic mass is 79.9. The number of phenols is 1. The van der Waals surface area contributed by atoms with E-state index in [1.54, 1.807) is 18.5 Å². The number of rotatable bonds is 2. The molecule has 0 unspecified atom stereocenters. The number of nitrogens with one attached hydrogen (secondary N) is 1. The van der Waals surface area contributed by atoms with Crippen LogP contribution in [0.5, 0.6) is 11.5 Å². The maximum Gasteiger partial charge on any atom is 0.172 e. The second-order valence-corrected chi connectivity index (χ2v) is 3.71. The van der Waals surface area contributed by atoms with Crippen LogP contribution in [0.1, 0.15) is 0 Å². The quantitative estimate of drug-likeness (QED) is 0.880. The molecule has 0 aliphatic carbocycles. The van der Waals surface area contributed by atoms with Crippen molar-refractivity contribution in [2.24, 2.45) is 0 Å². The summed E-state index contributed by atoms with van der Waals surface area (Å²) in [5.41, 5.74) is 0.790. The van der Waals surface area contributed by atoms with Crippen LogP contribution < -0.4 is 4.74 Å². The van der Waals surface area contributed by atoms with Crippen molar-refractivity contribution in [2.45, 2.75) is 0 Å². The van der Waals surface area contributed by atoms with Crippen LogP contribution in [0.2, 0.25) is 0 Å². The van der Waals surface area contributed by atoms with Gasteiger partial charge in [0.05, 0.1) is 11.6 Å². The summed E-state index contributed by atoms with van der Waals surface area (Å²) in [6, 6.07) is 3.51. The Bertz CT molecular complexity index is 469. The van der Waals surface area contributed by atoms with Gasteiger partial charge < -0.3 is 14.8 Å². The topological polar surface area (TPSA) is 58.1 Å². The zero-order chi connectivity index (χ0) is 10.8. The molecule has 0 bridgehead atoms. The zero-order valence-electron chi connectivity index (χ0n) is 7.99. The highest BCUT2D eigenvalue weighted by Crippen LogP contribution is 2.39. The van der Waals surface area contributed by atoms with Crippen molar-refractivity contribution < 1.29 is 9.84 Å². The van der Waals surface area contributed by atoms with Gasteiger partial charge in [-0.05, 0) is 28.1 Å². The number of aromatic amines is 1. The first-order valence-electron chi connectivity index (χ1n) is 4.29. The van der Waals surface area contributed by atoms with Crippen molar-refractivity contribution in [3.8, 4) is 22.9 Å². The molecule has 0 atom stereocenters. The number of hydrogen-bond acceptors (Lipinski definition) is 3. The van der Waals surface area contributed by atoms with Gasteiger partial charge in [0.25, 0.3) is 0 Å². The van der Waals surface area contributed by atoms with E-state index in [4.69, 9.17) is 4.74 Å². The monoisotopic (exact) mass is 268 g/mol. The van der Waals surface area contributed by atoms with E-state index in [2.05, 4.69) is 25.9 Å². The van der Waals surface area contributed by atoms with Gasteiger partial charge in [0.15, 0.2) is 11.5 Å². The van der Waals surface area contributed by atoms with Crippen LogP contribution in [0.3, 0.4) is 0 Å². The van der Waals surface area contributed by atoms with E-state index in [-0.39, 0.29) is 5.75 Å². The molecular formula is C10H9BrN2O2. The number of phenolic OH excluding ortho intramolecular Hbond substituents is 1. The van der Waals surface area contributed by atoms with Gasteiger partial charge in [0, 0.05) is 18.0 Å². The number of ether oxygens (including phenoxy) is 1. The normalized spacial score (nSPS) is 10.3. The summed E-state index contributed by atoms with van der Waals surface area (Å²) < 4.78 is 5.55. The third-order valence-electron chi connectivity index (χ3n) is 2.05. The Morgan fingerprint density at radius 3 is 2.87 bits per heavy atom. The first-order valence-corrected chi connectivity index (χ1v) is 5.08. The first kappa shape index (κ1) is 10.0. The first-order chi connectivity index (χ1) is 7.24. The Balaban J connectivity index is 2.56. The molecule has 0 aliphatic rings. The van der Waals surface area contributed by atoms with Gasteiger partial charge in [-0.3, -0.25) is 0 Å². The molecule has 5 heteroatoms. The van der Waals surface area contributed by atoms with Gasteiger partial charge >= 0.3 is 0 Å². The molecule has 2 aromatic rings. The van der Waals surface area contributed by atoms with Crippen molar-refractivity contribution >= 4 is 15.9 Å². The predicted octanol–water partition coefficient (Wildman–Crippen LogP) is 2.55. The molecule has 1 aromatic heterocycles. The molecule has 0 radical (unpaired) electrons. The molecule has 2 rings (SSSR count). The molecule has 4 nitrogen and oxygen atoms in total. The lowest BCUT2D eigenvalue weighted by atomic mass is 10.2.